The van der Waals surface area contributed by atoms with Crippen LogP contribution >= 0.6 is 45.8 Å². The molecule has 1 amide bonds. The van der Waals surface area contributed by atoms with Crippen LogP contribution in [0.2, 0.25) is 10.0 Å². The zero-order valence-corrected chi connectivity index (χ0v) is 13.2. The zero-order valence-electron chi connectivity index (χ0n) is 9.50. The Balaban J connectivity index is 2.28. The normalized spacial score (nSPS) is 20.0. The van der Waals surface area contributed by atoms with E-state index < -0.39 is 6.10 Å². The predicted molar refractivity (Wildman–Crippen MR) is 80.3 cm³/mol. The second kappa shape index (κ2) is 5.94. The van der Waals surface area contributed by atoms with Crippen LogP contribution in [0.5, 0.6) is 0 Å². The largest absolute Gasteiger partial charge is 0.391 e. The summed E-state index contributed by atoms with van der Waals surface area (Å²) in [5.74, 6) is -0.123. The fourth-order valence-corrected chi connectivity index (χ4v) is 3.06. The minimum Gasteiger partial charge on any atom is -0.391 e. The van der Waals surface area contributed by atoms with Gasteiger partial charge in [0.15, 0.2) is 0 Å². The van der Waals surface area contributed by atoms with Crippen molar-refractivity contribution in [1.82, 2.24) is 4.90 Å². The van der Waals surface area contributed by atoms with Crippen molar-refractivity contribution in [3.05, 3.63) is 31.3 Å². The number of benzene rings is 1. The molecule has 1 heterocycles. The van der Waals surface area contributed by atoms with Gasteiger partial charge >= 0.3 is 0 Å². The average Bonchev–Trinajstić information content (AvgIpc) is 2.33. The van der Waals surface area contributed by atoms with Gasteiger partial charge in [0, 0.05) is 21.7 Å². The SMILES string of the molecule is O=C(c1cc(Cl)cc(Cl)c1I)N1CCC[C@H](O)C1. The Kier molecular flexibility index (Phi) is 4.75. The number of nitrogens with zero attached hydrogens (tertiary/aromatic N) is 1. The minimum absolute atomic E-state index is 0.123. The van der Waals surface area contributed by atoms with Gasteiger partial charge in [0.1, 0.15) is 0 Å². The topological polar surface area (TPSA) is 40.5 Å². The van der Waals surface area contributed by atoms with E-state index in [1.807, 2.05) is 22.6 Å². The molecule has 0 aliphatic carbocycles. The minimum atomic E-state index is -0.435. The molecule has 1 aliphatic rings. The summed E-state index contributed by atoms with van der Waals surface area (Å²) in [6.45, 7) is 1.04. The number of carbonyl (C=O) groups is 1. The Bertz CT molecular complexity index is 481. The molecule has 1 N–H and O–H groups in total. The van der Waals surface area contributed by atoms with Gasteiger partial charge in [-0.15, -0.1) is 0 Å². The van der Waals surface area contributed by atoms with E-state index in [0.29, 0.717) is 32.3 Å². The van der Waals surface area contributed by atoms with Crippen LogP contribution in [0.25, 0.3) is 0 Å². The van der Waals surface area contributed by atoms with Gasteiger partial charge in [0.25, 0.3) is 5.91 Å². The van der Waals surface area contributed by atoms with Crippen LogP contribution in [-0.4, -0.2) is 35.1 Å². The van der Waals surface area contributed by atoms with Crippen LogP contribution in [0, 0.1) is 3.57 Å². The second-order valence-corrected chi connectivity index (χ2v) is 6.22. The van der Waals surface area contributed by atoms with E-state index in [9.17, 15) is 9.90 Å². The lowest BCUT2D eigenvalue weighted by Crippen LogP contribution is -2.42. The Morgan fingerprint density at radius 3 is 2.83 bits per heavy atom. The summed E-state index contributed by atoms with van der Waals surface area (Å²) in [5.41, 5.74) is 0.502. The highest BCUT2D eigenvalue weighted by molar-refractivity contribution is 14.1. The summed E-state index contributed by atoms with van der Waals surface area (Å²) in [4.78, 5) is 14.0. The molecule has 1 aromatic rings. The highest BCUT2D eigenvalue weighted by Crippen LogP contribution is 2.28. The van der Waals surface area contributed by atoms with Gasteiger partial charge in [-0.2, -0.15) is 0 Å². The van der Waals surface area contributed by atoms with Crippen molar-refractivity contribution in [3.8, 4) is 0 Å². The molecule has 1 aliphatic heterocycles. The molecule has 98 valence electrons. The highest BCUT2D eigenvalue weighted by atomic mass is 127. The van der Waals surface area contributed by atoms with Crippen LogP contribution in [0.1, 0.15) is 23.2 Å². The van der Waals surface area contributed by atoms with Gasteiger partial charge < -0.3 is 10.0 Å². The summed E-state index contributed by atoms with van der Waals surface area (Å²) in [6.07, 6.45) is 1.13. The number of likely N-dealkylation sites (tertiary alicyclic amines) is 1. The van der Waals surface area contributed by atoms with Crippen molar-refractivity contribution in [2.45, 2.75) is 18.9 Å². The van der Waals surface area contributed by atoms with E-state index in [4.69, 9.17) is 23.2 Å². The summed E-state index contributed by atoms with van der Waals surface area (Å²) < 4.78 is 0.698. The lowest BCUT2D eigenvalue weighted by Gasteiger charge is -2.30. The maximum Gasteiger partial charge on any atom is 0.255 e. The van der Waals surface area contributed by atoms with Crippen molar-refractivity contribution >= 4 is 51.7 Å². The van der Waals surface area contributed by atoms with Crippen molar-refractivity contribution in [2.75, 3.05) is 13.1 Å². The predicted octanol–water partition coefficient (Wildman–Crippen LogP) is 3.19. The van der Waals surface area contributed by atoms with Crippen LogP contribution in [0.4, 0.5) is 0 Å². The van der Waals surface area contributed by atoms with Gasteiger partial charge in [-0.3, -0.25) is 4.79 Å². The lowest BCUT2D eigenvalue weighted by atomic mass is 10.1. The first-order valence-electron chi connectivity index (χ1n) is 5.61. The number of rotatable bonds is 1. The fraction of sp³-hybridized carbons (Fsp3) is 0.417. The quantitative estimate of drug-likeness (QED) is 0.582. The van der Waals surface area contributed by atoms with Crippen molar-refractivity contribution in [3.63, 3.8) is 0 Å². The van der Waals surface area contributed by atoms with Crippen LogP contribution in [0.3, 0.4) is 0 Å². The molecule has 0 bridgehead atoms. The molecule has 6 heteroatoms. The van der Waals surface area contributed by atoms with Gasteiger partial charge in [-0.05, 0) is 47.6 Å². The monoisotopic (exact) mass is 399 g/mol. The van der Waals surface area contributed by atoms with Crippen LogP contribution < -0.4 is 0 Å². The fourth-order valence-electron chi connectivity index (χ4n) is 2.02. The number of aliphatic hydroxyl groups is 1. The molecule has 0 aromatic heterocycles. The highest BCUT2D eigenvalue weighted by Gasteiger charge is 2.25. The first kappa shape index (κ1) is 14.4. The molecule has 3 nitrogen and oxygen atoms in total. The smallest absolute Gasteiger partial charge is 0.255 e. The maximum atomic E-state index is 12.4. The summed E-state index contributed by atoms with van der Waals surface area (Å²) in [5, 5.41) is 10.5. The van der Waals surface area contributed by atoms with E-state index in [1.54, 1.807) is 17.0 Å². The van der Waals surface area contributed by atoms with Gasteiger partial charge in [-0.25, -0.2) is 0 Å². The van der Waals surface area contributed by atoms with Crippen LogP contribution in [-0.2, 0) is 0 Å². The number of halogens is 3. The molecule has 1 fully saturated rings. The number of aliphatic hydroxyl groups excluding tert-OH is 1. The third kappa shape index (κ3) is 3.10. The van der Waals surface area contributed by atoms with Crippen molar-refractivity contribution < 1.29 is 9.90 Å². The number of carbonyl (C=O) groups excluding carboxylic acids is 1. The molecule has 0 unspecified atom stereocenters. The van der Waals surface area contributed by atoms with Crippen molar-refractivity contribution in [2.24, 2.45) is 0 Å². The summed E-state index contributed by atoms with van der Waals surface area (Å²) in [7, 11) is 0. The van der Waals surface area contributed by atoms with E-state index in [2.05, 4.69) is 0 Å². The number of hydrogen-bond donors (Lipinski definition) is 1. The number of amides is 1. The third-order valence-corrected chi connectivity index (χ3v) is 4.90. The number of hydrogen-bond acceptors (Lipinski definition) is 2. The van der Waals surface area contributed by atoms with Gasteiger partial charge in [0.05, 0.1) is 16.7 Å². The van der Waals surface area contributed by atoms with Gasteiger partial charge in [0.2, 0.25) is 0 Å². The molecule has 0 spiro atoms. The summed E-state index contributed by atoms with van der Waals surface area (Å²) >= 11 is 14.0. The van der Waals surface area contributed by atoms with E-state index >= 15 is 0 Å². The van der Waals surface area contributed by atoms with E-state index in [0.717, 1.165) is 12.8 Å². The summed E-state index contributed by atoms with van der Waals surface area (Å²) in [6, 6.07) is 3.24. The molecule has 0 saturated carbocycles. The third-order valence-electron chi connectivity index (χ3n) is 2.91. The Morgan fingerprint density at radius 1 is 1.44 bits per heavy atom. The number of β-amino-alcohol motifs (C(OH)–C–C–N with tert-alkyl or cyclic N) is 1. The Labute approximate surface area is 129 Å². The van der Waals surface area contributed by atoms with Crippen molar-refractivity contribution in [1.29, 1.82) is 0 Å². The average molecular weight is 400 g/mol. The molecule has 1 atom stereocenters. The standard InChI is InChI=1S/C12H12Cl2INO2/c13-7-4-9(11(15)10(14)5-7)12(18)16-3-1-2-8(17)6-16/h4-5,8,17H,1-3,6H2/t8-/m0/s1. The maximum absolute atomic E-state index is 12.4. The first-order valence-corrected chi connectivity index (χ1v) is 7.44. The van der Waals surface area contributed by atoms with E-state index in [1.165, 1.54) is 0 Å². The van der Waals surface area contributed by atoms with Crippen LogP contribution in [0.15, 0.2) is 12.1 Å². The number of piperidine rings is 1. The molecule has 1 aromatic carbocycles. The molecule has 18 heavy (non-hydrogen) atoms. The molecule has 0 radical (unpaired) electrons. The first-order chi connectivity index (χ1) is 8.49. The van der Waals surface area contributed by atoms with Gasteiger partial charge in [-0.1, -0.05) is 23.2 Å². The zero-order chi connectivity index (χ0) is 13.3. The Hall–Kier alpha value is -0.0400. The molecule has 1 saturated heterocycles. The second-order valence-electron chi connectivity index (χ2n) is 4.30. The van der Waals surface area contributed by atoms with E-state index in [-0.39, 0.29) is 5.91 Å². The molecular formula is C12H12Cl2INO2. The molecule has 2 rings (SSSR count). The molecular weight excluding hydrogens is 388 g/mol. The Morgan fingerprint density at radius 2 is 2.17 bits per heavy atom. The lowest BCUT2D eigenvalue weighted by molar-refractivity contribution is 0.0473.